The molecule has 2 rings (SSSR count). The number of likely N-dealkylation sites (tertiary alicyclic amines) is 1. The quantitative estimate of drug-likeness (QED) is 0.869. The second-order valence-electron chi connectivity index (χ2n) is 5.33. The van der Waals surface area contributed by atoms with E-state index in [9.17, 15) is 8.78 Å². The zero-order valence-electron chi connectivity index (χ0n) is 12.0. The van der Waals surface area contributed by atoms with E-state index in [-0.39, 0.29) is 5.75 Å². The Labute approximate surface area is 118 Å². The van der Waals surface area contributed by atoms with Crippen LogP contribution in [-0.4, -0.2) is 38.2 Å². The topological polar surface area (TPSA) is 24.5 Å². The maximum Gasteiger partial charge on any atom is 0.387 e. The van der Waals surface area contributed by atoms with Crippen LogP contribution in [0.15, 0.2) is 24.3 Å². The molecule has 0 aromatic heterocycles. The predicted molar refractivity (Wildman–Crippen MR) is 75.1 cm³/mol. The molecule has 2 unspecified atom stereocenters. The Balaban J connectivity index is 1.94. The molecule has 0 radical (unpaired) electrons. The van der Waals surface area contributed by atoms with Gasteiger partial charge in [0.05, 0.1) is 0 Å². The standard InChI is InChI=1S/C15H22F2N2O/c1-11(19-8-7-12(10-19)9-18-2)13-3-5-14(6-4-13)20-15(16)17/h3-6,11-12,15,18H,7-10H2,1-2H3. The van der Waals surface area contributed by atoms with Gasteiger partial charge >= 0.3 is 6.61 Å². The molecule has 0 bridgehead atoms. The van der Waals surface area contributed by atoms with Crippen LogP contribution in [0.5, 0.6) is 5.75 Å². The van der Waals surface area contributed by atoms with Gasteiger partial charge in [-0.05, 0) is 57.1 Å². The van der Waals surface area contributed by atoms with Gasteiger partial charge in [-0.3, -0.25) is 4.90 Å². The largest absolute Gasteiger partial charge is 0.435 e. The number of rotatable bonds is 6. The molecule has 5 heteroatoms. The minimum atomic E-state index is -2.76. The highest BCUT2D eigenvalue weighted by atomic mass is 19.3. The number of benzene rings is 1. The molecule has 2 atom stereocenters. The van der Waals surface area contributed by atoms with E-state index in [4.69, 9.17) is 0 Å². The second-order valence-corrected chi connectivity index (χ2v) is 5.33. The van der Waals surface area contributed by atoms with Crippen LogP contribution in [0.4, 0.5) is 8.78 Å². The number of nitrogens with zero attached hydrogens (tertiary/aromatic N) is 1. The number of hydrogen-bond donors (Lipinski definition) is 1. The van der Waals surface area contributed by atoms with Gasteiger partial charge in [0.15, 0.2) is 0 Å². The highest BCUT2D eigenvalue weighted by Crippen LogP contribution is 2.28. The molecule has 1 aromatic rings. The second kappa shape index (κ2) is 6.99. The lowest BCUT2D eigenvalue weighted by molar-refractivity contribution is -0.0498. The molecule has 20 heavy (non-hydrogen) atoms. The first-order chi connectivity index (χ1) is 9.60. The molecule has 1 heterocycles. The van der Waals surface area contributed by atoms with Gasteiger partial charge < -0.3 is 10.1 Å². The molecular weight excluding hydrogens is 262 g/mol. The first-order valence-corrected chi connectivity index (χ1v) is 7.03. The number of ether oxygens (including phenoxy) is 1. The van der Waals surface area contributed by atoms with Crippen LogP contribution in [0.1, 0.15) is 24.9 Å². The first-order valence-electron chi connectivity index (χ1n) is 7.03. The van der Waals surface area contributed by atoms with Crippen LogP contribution >= 0.6 is 0 Å². The van der Waals surface area contributed by atoms with Crippen LogP contribution in [0, 0.1) is 5.92 Å². The van der Waals surface area contributed by atoms with Crippen molar-refractivity contribution in [2.45, 2.75) is 26.0 Å². The van der Waals surface area contributed by atoms with Crippen LogP contribution in [0.3, 0.4) is 0 Å². The summed E-state index contributed by atoms with van der Waals surface area (Å²) < 4.78 is 28.6. The van der Waals surface area contributed by atoms with Gasteiger partial charge in [-0.25, -0.2) is 0 Å². The van der Waals surface area contributed by atoms with Gasteiger partial charge in [-0.2, -0.15) is 8.78 Å². The van der Waals surface area contributed by atoms with Crippen molar-refractivity contribution in [2.75, 3.05) is 26.7 Å². The van der Waals surface area contributed by atoms with Crippen molar-refractivity contribution < 1.29 is 13.5 Å². The molecule has 0 aliphatic carbocycles. The van der Waals surface area contributed by atoms with Crippen LogP contribution in [0.2, 0.25) is 0 Å². The van der Waals surface area contributed by atoms with Gasteiger partial charge in [0.25, 0.3) is 0 Å². The lowest BCUT2D eigenvalue weighted by Gasteiger charge is -2.25. The van der Waals surface area contributed by atoms with E-state index in [1.165, 1.54) is 6.42 Å². The molecule has 1 aliphatic heterocycles. The van der Waals surface area contributed by atoms with E-state index in [1.54, 1.807) is 12.1 Å². The number of alkyl halides is 2. The summed E-state index contributed by atoms with van der Waals surface area (Å²) in [5.41, 5.74) is 1.14. The fourth-order valence-corrected chi connectivity index (χ4v) is 2.81. The molecule has 0 amide bonds. The predicted octanol–water partition coefficient (Wildman–Crippen LogP) is 2.89. The van der Waals surface area contributed by atoms with Crippen molar-refractivity contribution in [1.82, 2.24) is 10.2 Å². The Morgan fingerprint density at radius 1 is 1.35 bits per heavy atom. The Bertz CT molecular complexity index is 411. The highest BCUT2D eigenvalue weighted by molar-refractivity contribution is 5.29. The van der Waals surface area contributed by atoms with E-state index >= 15 is 0 Å². The van der Waals surface area contributed by atoms with Gasteiger partial charge in [0, 0.05) is 12.6 Å². The Morgan fingerprint density at radius 3 is 2.65 bits per heavy atom. The summed E-state index contributed by atoms with van der Waals surface area (Å²) in [4.78, 5) is 2.44. The van der Waals surface area contributed by atoms with Gasteiger partial charge in [-0.1, -0.05) is 12.1 Å². The van der Waals surface area contributed by atoms with Crippen molar-refractivity contribution in [1.29, 1.82) is 0 Å². The van der Waals surface area contributed by atoms with E-state index < -0.39 is 6.61 Å². The van der Waals surface area contributed by atoms with E-state index in [0.29, 0.717) is 12.0 Å². The summed E-state index contributed by atoms with van der Waals surface area (Å²) in [5, 5.41) is 3.22. The Hall–Kier alpha value is -1.20. The van der Waals surface area contributed by atoms with Crippen molar-refractivity contribution in [3.8, 4) is 5.75 Å². The molecule has 1 fully saturated rings. The van der Waals surface area contributed by atoms with Crippen molar-refractivity contribution >= 4 is 0 Å². The smallest absolute Gasteiger partial charge is 0.387 e. The Morgan fingerprint density at radius 2 is 2.05 bits per heavy atom. The SMILES string of the molecule is CNCC1CCN(C(C)c2ccc(OC(F)F)cc2)C1. The minimum absolute atomic E-state index is 0.213. The fraction of sp³-hybridized carbons (Fsp3) is 0.600. The molecule has 1 N–H and O–H groups in total. The lowest BCUT2D eigenvalue weighted by Crippen LogP contribution is -2.27. The number of hydrogen-bond acceptors (Lipinski definition) is 3. The van der Waals surface area contributed by atoms with Crippen molar-refractivity contribution in [3.63, 3.8) is 0 Å². The zero-order valence-corrected chi connectivity index (χ0v) is 12.0. The van der Waals surface area contributed by atoms with Crippen molar-refractivity contribution in [3.05, 3.63) is 29.8 Å². The first kappa shape index (κ1) is 15.2. The summed E-state index contributed by atoms with van der Waals surface area (Å²) in [7, 11) is 1.98. The van der Waals surface area contributed by atoms with E-state index in [2.05, 4.69) is 21.9 Å². The average molecular weight is 284 g/mol. The molecule has 1 aliphatic rings. The van der Waals surface area contributed by atoms with E-state index in [0.717, 1.165) is 25.2 Å². The van der Waals surface area contributed by atoms with Gasteiger partial charge in [0.1, 0.15) is 5.75 Å². The van der Waals surface area contributed by atoms with Gasteiger partial charge in [-0.15, -0.1) is 0 Å². The molecule has 112 valence electrons. The summed E-state index contributed by atoms with van der Waals surface area (Å²) >= 11 is 0. The maximum atomic E-state index is 12.1. The Kier molecular flexibility index (Phi) is 5.31. The summed E-state index contributed by atoms with van der Waals surface area (Å²) in [6, 6.07) is 7.26. The third-order valence-electron chi connectivity index (χ3n) is 3.95. The summed E-state index contributed by atoms with van der Waals surface area (Å²) in [6.07, 6.45) is 1.21. The van der Waals surface area contributed by atoms with Crippen LogP contribution < -0.4 is 10.1 Å². The fourth-order valence-electron chi connectivity index (χ4n) is 2.81. The normalized spacial score (nSPS) is 21.4. The molecule has 0 spiro atoms. The molecule has 0 saturated carbocycles. The third-order valence-corrected chi connectivity index (χ3v) is 3.95. The number of halogens is 2. The summed E-state index contributed by atoms with van der Waals surface area (Å²) in [6.45, 7) is 2.61. The molecule has 1 aromatic carbocycles. The van der Waals surface area contributed by atoms with Crippen LogP contribution in [0.25, 0.3) is 0 Å². The lowest BCUT2D eigenvalue weighted by atomic mass is 10.1. The monoisotopic (exact) mass is 284 g/mol. The maximum absolute atomic E-state index is 12.1. The summed E-state index contributed by atoms with van der Waals surface area (Å²) in [5.74, 6) is 0.911. The van der Waals surface area contributed by atoms with Crippen LogP contribution in [-0.2, 0) is 0 Å². The molecule has 1 saturated heterocycles. The third kappa shape index (κ3) is 3.90. The van der Waals surface area contributed by atoms with Gasteiger partial charge in [0.2, 0.25) is 0 Å². The zero-order chi connectivity index (χ0) is 14.5. The minimum Gasteiger partial charge on any atom is -0.435 e. The van der Waals surface area contributed by atoms with E-state index in [1.807, 2.05) is 19.2 Å². The molecular formula is C15H22F2N2O. The highest BCUT2D eigenvalue weighted by Gasteiger charge is 2.26. The van der Waals surface area contributed by atoms with Crippen molar-refractivity contribution in [2.24, 2.45) is 5.92 Å². The molecule has 3 nitrogen and oxygen atoms in total. The average Bonchev–Trinajstić information content (AvgIpc) is 2.87. The number of nitrogens with one attached hydrogen (secondary N) is 1.